The number of amides is 1. The number of ether oxygens (including phenoxy) is 1. The number of nitrogens with one attached hydrogen (secondary N) is 1. The van der Waals surface area contributed by atoms with E-state index in [2.05, 4.69) is 4.72 Å². The molecule has 0 saturated carbocycles. The largest absolute Gasteiger partial charge is 0.457 e. The first-order valence-corrected chi connectivity index (χ1v) is 9.36. The van der Waals surface area contributed by atoms with Gasteiger partial charge in [0.2, 0.25) is 15.9 Å². The van der Waals surface area contributed by atoms with Crippen molar-refractivity contribution < 1.29 is 17.9 Å². The summed E-state index contributed by atoms with van der Waals surface area (Å²) in [5, 5.41) is 0. The van der Waals surface area contributed by atoms with Crippen molar-refractivity contribution in [2.45, 2.75) is 19.8 Å². The fraction of sp³-hybridized carbons (Fsp3) is 0.235. The summed E-state index contributed by atoms with van der Waals surface area (Å²) in [6.45, 7) is 2.01. The van der Waals surface area contributed by atoms with Crippen molar-refractivity contribution >= 4 is 21.6 Å². The minimum absolute atomic E-state index is 0.449. The Morgan fingerprint density at radius 3 is 2.38 bits per heavy atom. The van der Waals surface area contributed by atoms with Gasteiger partial charge in [0.15, 0.2) is 0 Å². The SMILES string of the molecule is CCCc1c(Oc2ccc(NS(C)(=O)=O)cc2)cccc1C(N)=O. The number of carbonyl (C=O) groups is 1. The minimum Gasteiger partial charge on any atom is -0.457 e. The molecular formula is C17H20N2O4S. The van der Waals surface area contributed by atoms with E-state index in [1.54, 1.807) is 42.5 Å². The summed E-state index contributed by atoms with van der Waals surface area (Å²) in [4.78, 5) is 11.6. The number of hydrogen-bond acceptors (Lipinski definition) is 4. The molecule has 0 atom stereocenters. The van der Waals surface area contributed by atoms with Crippen LogP contribution in [-0.4, -0.2) is 20.6 Å². The molecule has 0 bridgehead atoms. The van der Waals surface area contributed by atoms with Crippen LogP contribution < -0.4 is 15.2 Å². The molecule has 0 aliphatic heterocycles. The average molecular weight is 348 g/mol. The second-order valence-electron chi connectivity index (χ2n) is 5.40. The predicted molar refractivity (Wildman–Crippen MR) is 93.9 cm³/mol. The second kappa shape index (κ2) is 7.35. The lowest BCUT2D eigenvalue weighted by atomic mass is 10.0. The first-order valence-electron chi connectivity index (χ1n) is 7.47. The molecule has 24 heavy (non-hydrogen) atoms. The third-order valence-corrected chi connectivity index (χ3v) is 3.89. The first-order chi connectivity index (χ1) is 11.3. The van der Waals surface area contributed by atoms with E-state index < -0.39 is 15.9 Å². The monoisotopic (exact) mass is 348 g/mol. The van der Waals surface area contributed by atoms with Gasteiger partial charge >= 0.3 is 0 Å². The van der Waals surface area contributed by atoms with E-state index in [9.17, 15) is 13.2 Å². The van der Waals surface area contributed by atoms with Gasteiger partial charge in [0.05, 0.1) is 6.26 Å². The van der Waals surface area contributed by atoms with Crippen LogP contribution in [0, 0.1) is 0 Å². The summed E-state index contributed by atoms with van der Waals surface area (Å²) in [5.41, 5.74) is 7.09. The van der Waals surface area contributed by atoms with Crippen molar-refractivity contribution in [2.75, 3.05) is 11.0 Å². The smallest absolute Gasteiger partial charge is 0.249 e. The van der Waals surface area contributed by atoms with Gasteiger partial charge < -0.3 is 10.5 Å². The Morgan fingerprint density at radius 1 is 1.17 bits per heavy atom. The molecule has 3 N–H and O–H groups in total. The molecule has 0 saturated heterocycles. The summed E-state index contributed by atoms with van der Waals surface area (Å²) < 4.78 is 30.7. The topological polar surface area (TPSA) is 98.5 Å². The summed E-state index contributed by atoms with van der Waals surface area (Å²) in [6.07, 6.45) is 2.60. The van der Waals surface area contributed by atoms with E-state index in [-0.39, 0.29) is 0 Å². The van der Waals surface area contributed by atoms with Crippen LogP contribution in [0.4, 0.5) is 5.69 Å². The van der Waals surface area contributed by atoms with Crippen molar-refractivity contribution in [2.24, 2.45) is 5.73 Å². The van der Waals surface area contributed by atoms with E-state index in [0.717, 1.165) is 18.2 Å². The highest BCUT2D eigenvalue weighted by Crippen LogP contribution is 2.29. The van der Waals surface area contributed by atoms with Crippen molar-refractivity contribution in [3.63, 3.8) is 0 Å². The number of hydrogen-bond donors (Lipinski definition) is 2. The van der Waals surface area contributed by atoms with Crippen molar-refractivity contribution in [3.8, 4) is 11.5 Å². The Labute approximate surface area is 141 Å². The normalized spacial score (nSPS) is 11.1. The summed E-state index contributed by atoms with van der Waals surface area (Å²) in [7, 11) is -3.32. The maximum atomic E-state index is 11.6. The van der Waals surface area contributed by atoms with Crippen molar-refractivity contribution in [1.82, 2.24) is 0 Å². The molecule has 2 aromatic carbocycles. The number of rotatable bonds is 7. The fourth-order valence-corrected chi connectivity index (χ4v) is 2.90. The maximum Gasteiger partial charge on any atom is 0.249 e. The van der Waals surface area contributed by atoms with Gasteiger partial charge in [-0.2, -0.15) is 0 Å². The molecule has 0 heterocycles. The van der Waals surface area contributed by atoms with Gasteiger partial charge in [-0.1, -0.05) is 19.4 Å². The van der Waals surface area contributed by atoms with Gasteiger partial charge in [0, 0.05) is 16.8 Å². The van der Waals surface area contributed by atoms with E-state index in [1.807, 2.05) is 6.92 Å². The third-order valence-electron chi connectivity index (χ3n) is 3.28. The predicted octanol–water partition coefficient (Wildman–Crippen LogP) is 2.90. The molecule has 0 spiro atoms. The molecule has 0 radical (unpaired) electrons. The first kappa shape index (κ1) is 17.8. The highest BCUT2D eigenvalue weighted by Gasteiger charge is 2.13. The molecule has 0 aliphatic rings. The molecule has 0 fully saturated rings. The Kier molecular flexibility index (Phi) is 5.46. The second-order valence-corrected chi connectivity index (χ2v) is 7.15. The molecule has 0 aromatic heterocycles. The summed E-state index contributed by atoms with van der Waals surface area (Å²) in [5.74, 6) is 0.613. The van der Waals surface area contributed by atoms with Crippen molar-refractivity contribution in [1.29, 1.82) is 0 Å². The van der Waals surface area contributed by atoms with Crippen LogP contribution >= 0.6 is 0 Å². The Bertz CT molecular complexity index is 830. The highest BCUT2D eigenvalue weighted by molar-refractivity contribution is 7.92. The van der Waals surface area contributed by atoms with Crippen LogP contribution in [0.5, 0.6) is 11.5 Å². The van der Waals surface area contributed by atoms with Gasteiger partial charge in [-0.25, -0.2) is 8.42 Å². The van der Waals surface area contributed by atoms with E-state index in [4.69, 9.17) is 10.5 Å². The van der Waals surface area contributed by atoms with Crippen LogP contribution in [0.25, 0.3) is 0 Å². The zero-order chi connectivity index (χ0) is 17.7. The quantitative estimate of drug-likeness (QED) is 0.803. The van der Waals surface area contributed by atoms with Crippen molar-refractivity contribution in [3.05, 3.63) is 53.6 Å². The minimum atomic E-state index is -3.32. The number of anilines is 1. The number of primary amides is 1. The van der Waals surface area contributed by atoms with Gasteiger partial charge in [0.1, 0.15) is 11.5 Å². The summed E-state index contributed by atoms with van der Waals surface area (Å²) >= 11 is 0. The standard InChI is InChI=1S/C17H20N2O4S/c1-3-5-14-15(17(18)20)6-4-7-16(14)23-13-10-8-12(9-11-13)19-24(2,21)22/h4,6-11,19H,3,5H2,1-2H3,(H2,18,20). The average Bonchev–Trinajstić information content (AvgIpc) is 2.49. The lowest BCUT2D eigenvalue weighted by Crippen LogP contribution is -2.14. The Hall–Kier alpha value is -2.54. The van der Waals surface area contributed by atoms with Crippen LogP contribution in [-0.2, 0) is 16.4 Å². The van der Waals surface area contributed by atoms with Crippen LogP contribution in [0.1, 0.15) is 29.3 Å². The van der Waals surface area contributed by atoms with E-state index in [0.29, 0.717) is 29.2 Å². The zero-order valence-corrected chi connectivity index (χ0v) is 14.4. The van der Waals surface area contributed by atoms with Crippen LogP contribution in [0.3, 0.4) is 0 Å². The Morgan fingerprint density at radius 2 is 1.83 bits per heavy atom. The molecule has 6 nitrogen and oxygen atoms in total. The van der Waals surface area contributed by atoms with E-state index in [1.165, 1.54) is 0 Å². The fourth-order valence-electron chi connectivity index (χ4n) is 2.33. The molecule has 0 unspecified atom stereocenters. The Balaban J connectivity index is 2.27. The summed E-state index contributed by atoms with van der Waals surface area (Å²) in [6, 6.07) is 11.7. The van der Waals surface area contributed by atoms with E-state index >= 15 is 0 Å². The lowest BCUT2D eigenvalue weighted by molar-refractivity contribution is 0.0999. The molecule has 0 aliphatic carbocycles. The maximum absolute atomic E-state index is 11.6. The molecule has 7 heteroatoms. The number of sulfonamides is 1. The number of carbonyl (C=O) groups excluding carboxylic acids is 1. The van der Waals surface area contributed by atoms with Crippen LogP contribution in [0.15, 0.2) is 42.5 Å². The van der Waals surface area contributed by atoms with Gasteiger partial charge in [-0.15, -0.1) is 0 Å². The molecule has 2 rings (SSSR count). The molecular weight excluding hydrogens is 328 g/mol. The van der Waals surface area contributed by atoms with Gasteiger partial charge in [-0.3, -0.25) is 9.52 Å². The van der Waals surface area contributed by atoms with Gasteiger partial charge in [0.25, 0.3) is 0 Å². The zero-order valence-electron chi connectivity index (χ0n) is 13.6. The lowest BCUT2D eigenvalue weighted by Gasteiger charge is -2.14. The molecule has 128 valence electrons. The number of nitrogens with two attached hydrogens (primary N) is 1. The van der Waals surface area contributed by atoms with Gasteiger partial charge in [-0.05, 0) is 42.8 Å². The highest BCUT2D eigenvalue weighted by atomic mass is 32.2. The van der Waals surface area contributed by atoms with Crippen LogP contribution in [0.2, 0.25) is 0 Å². The molecule has 2 aromatic rings. The number of benzene rings is 2. The third kappa shape index (κ3) is 4.73. The molecule has 1 amide bonds.